The van der Waals surface area contributed by atoms with Crippen LogP contribution < -0.4 is 0 Å². The van der Waals surface area contributed by atoms with E-state index in [-0.39, 0.29) is 43.1 Å². The first-order valence-corrected chi connectivity index (χ1v) is 32.5. The zero-order valence-electron chi connectivity index (χ0n) is 53.2. The van der Waals surface area contributed by atoms with Gasteiger partial charge in [0, 0.05) is 0 Å². The molecular weight excluding hydrogens is 1220 g/mol. The van der Waals surface area contributed by atoms with Crippen LogP contribution in [0.25, 0.3) is 0 Å². The van der Waals surface area contributed by atoms with Gasteiger partial charge < -0.3 is 144 Å². The lowest BCUT2D eigenvalue weighted by molar-refractivity contribution is -0.375. The molecule has 2 unspecified atom stereocenters. The normalized spacial score (nSPS) is 55.2. The van der Waals surface area contributed by atoms with Gasteiger partial charge in [-0.2, -0.15) is 0 Å². The van der Waals surface area contributed by atoms with Gasteiger partial charge in [0.2, 0.25) is 6.29 Å². The van der Waals surface area contributed by atoms with Crippen molar-refractivity contribution in [2.24, 2.45) is 50.2 Å². The molecule has 92 heavy (non-hydrogen) atoms. The van der Waals surface area contributed by atoms with Crippen molar-refractivity contribution in [3.63, 3.8) is 0 Å². The van der Waals surface area contributed by atoms with E-state index < -0.39 is 244 Å². The number of hydrogen-bond acceptors (Lipinski definition) is 30. The van der Waals surface area contributed by atoms with Crippen molar-refractivity contribution in [2.75, 3.05) is 33.0 Å². The highest BCUT2D eigenvalue weighted by atomic mass is 16.8. The van der Waals surface area contributed by atoms with Crippen LogP contribution in [0.15, 0.2) is 11.6 Å². The Bertz CT molecular complexity index is 2600. The lowest BCUT2D eigenvalue weighted by atomic mass is 9.33. The average Bonchev–Trinajstić information content (AvgIpc) is 0.671. The maximum atomic E-state index is 15.5. The number of esters is 1. The van der Waals surface area contributed by atoms with E-state index in [0.717, 1.165) is 5.57 Å². The molecule has 5 aliphatic carbocycles. The molecule has 17 N–H and O–H groups in total. The second kappa shape index (κ2) is 26.3. The molecule has 11 aliphatic rings. The van der Waals surface area contributed by atoms with Crippen molar-refractivity contribution in [3.8, 4) is 0 Å². The third-order valence-electron chi connectivity index (χ3n) is 24.0. The van der Waals surface area contributed by atoms with Crippen molar-refractivity contribution >= 4 is 5.97 Å². The van der Waals surface area contributed by atoms with Gasteiger partial charge in [0.25, 0.3) is 0 Å². The molecular formula is C62H100O30. The summed E-state index contributed by atoms with van der Waals surface area (Å²) in [4.78, 5) is 15.5. The van der Waals surface area contributed by atoms with Gasteiger partial charge in [0.1, 0.15) is 115 Å². The number of carbonyl (C=O) groups excluding carboxylic acids is 1. The number of aliphatic hydroxyl groups excluding tert-OH is 17. The Kier molecular flexibility index (Phi) is 20.4. The molecule has 0 bridgehead atoms. The number of hydrogen-bond donors (Lipinski definition) is 17. The quantitative estimate of drug-likeness (QED) is 0.0467. The van der Waals surface area contributed by atoms with Crippen molar-refractivity contribution < 1.29 is 148 Å². The fourth-order valence-electron chi connectivity index (χ4n) is 18.5. The molecule has 0 aromatic heterocycles. The van der Waals surface area contributed by atoms with Gasteiger partial charge in [-0.15, -0.1) is 0 Å². The highest BCUT2D eigenvalue weighted by molar-refractivity contribution is 5.80. The summed E-state index contributed by atoms with van der Waals surface area (Å²) in [5.41, 5.74) is -3.50. The number of fused-ring (bicyclic) bond motifs is 7. The van der Waals surface area contributed by atoms with E-state index in [1.165, 1.54) is 6.92 Å². The van der Waals surface area contributed by atoms with Crippen molar-refractivity contribution in [1.82, 2.24) is 0 Å². The fourth-order valence-corrected chi connectivity index (χ4v) is 18.5. The Hall–Kier alpha value is -1.91. The van der Waals surface area contributed by atoms with E-state index in [4.69, 9.17) is 56.8 Å². The zero-order valence-corrected chi connectivity index (χ0v) is 53.2. The molecule has 10 fully saturated rings. The van der Waals surface area contributed by atoms with Crippen molar-refractivity contribution in [3.05, 3.63) is 11.6 Å². The summed E-state index contributed by atoms with van der Waals surface area (Å²) in [6.07, 6.45) is -40.1. The smallest absolute Gasteiger partial charge is 0.317 e. The Morgan fingerprint density at radius 1 is 0.500 bits per heavy atom. The van der Waals surface area contributed by atoms with Crippen LogP contribution in [0.4, 0.5) is 0 Å². The van der Waals surface area contributed by atoms with Crippen LogP contribution in [0.5, 0.6) is 0 Å². The van der Waals surface area contributed by atoms with Gasteiger partial charge in [-0.1, -0.05) is 60.1 Å². The van der Waals surface area contributed by atoms with Crippen LogP contribution in [-0.4, -0.2) is 304 Å². The van der Waals surface area contributed by atoms with Gasteiger partial charge in [0.05, 0.1) is 57.5 Å². The van der Waals surface area contributed by atoms with Crippen LogP contribution in [-0.2, 0) is 61.6 Å². The van der Waals surface area contributed by atoms with Crippen molar-refractivity contribution in [2.45, 2.75) is 285 Å². The number of aliphatic hydroxyl groups is 17. The summed E-state index contributed by atoms with van der Waals surface area (Å²) < 4.78 is 70.3. The summed E-state index contributed by atoms with van der Waals surface area (Å²) >= 11 is 0. The Morgan fingerprint density at radius 3 is 1.71 bits per heavy atom. The van der Waals surface area contributed by atoms with Gasteiger partial charge in [-0.05, 0) is 103 Å². The number of carbonyl (C=O) groups is 1. The highest BCUT2D eigenvalue weighted by Crippen LogP contribution is 2.76. The van der Waals surface area contributed by atoms with Gasteiger partial charge in [0.15, 0.2) is 37.6 Å². The average molecular weight is 1330 g/mol. The summed E-state index contributed by atoms with van der Waals surface area (Å²) in [5, 5.41) is 187. The minimum atomic E-state index is -1.98. The Morgan fingerprint density at radius 2 is 1.04 bits per heavy atom. The van der Waals surface area contributed by atoms with E-state index in [0.29, 0.717) is 32.1 Å². The van der Waals surface area contributed by atoms with Gasteiger partial charge >= 0.3 is 5.97 Å². The second-order valence-corrected chi connectivity index (χ2v) is 30.4. The van der Waals surface area contributed by atoms with E-state index in [9.17, 15) is 86.8 Å². The van der Waals surface area contributed by atoms with Crippen LogP contribution in [0.1, 0.15) is 107 Å². The molecule has 11 rings (SSSR count). The molecule has 0 aromatic rings. The number of ether oxygens (including phenoxy) is 12. The molecule has 6 saturated heterocycles. The predicted molar refractivity (Wildman–Crippen MR) is 305 cm³/mol. The molecule has 0 spiro atoms. The van der Waals surface area contributed by atoms with E-state index in [1.807, 2.05) is 13.8 Å². The summed E-state index contributed by atoms with van der Waals surface area (Å²) in [7, 11) is 0. The summed E-state index contributed by atoms with van der Waals surface area (Å²) in [6, 6.07) is 0. The molecule has 0 aromatic carbocycles. The molecule has 30 nitrogen and oxygen atoms in total. The maximum Gasteiger partial charge on any atom is 0.317 e. The predicted octanol–water partition coefficient (Wildman–Crippen LogP) is -4.86. The van der Waals surface area contributed by atoms with Crippen LogP contribution in [0.2, 0.25) is 0 Å². The van der Waals surface area contributed by atoms with E-state index in [2.05, 4.69) is 40.7 Å². The first-order valence-electron chi connectivity index (χ1n) is 32.5. The van der Waals surface area contributed by atoms with Crippen LogP contribution in [0, 0.1) is 50.2 Å². The third kappa shape index (κ3) is 12.1. The largest absolute Gasteiger partial charge is 0.432 e. The minimum Gasteiger partial charge on any atom is -0.432 e. The molecule has 30 heteroatoms. The molecule has 0 amide bonds. The Labute approximate surface area is 532 Å². The molecule has 6 aliphatic heterocycles. The van der Waals surface area contributed by atoms with Crippen molar-refractivity contribution in [1.29, 1.82) is 0 Å². The maximum absolute atomic E-state index is 15.5. The minimum absolute atomic E-state index is 0.0890. The van der Waals surface area contributed by atoms with E-state index in [1.54, 1.807) is 0 Å². The van der Waals surface area contributed by atoms with Crippen LogP contribution in [0.3, 0.4) is 0 Å². The third-order valence-corrected chi connectivity index (χ3v) is 24.0. The first kappa shape index (κ1) is 71.4. The molecule has 36 atom stereocenters. The number of rotatable bonds is 13. The highest BCUT2D eigenvalue weighted by Gasteiger charge is 2.73. The molecule has 0 radical (unpaired) electrons. The number of allylic oxidation sites excluding steroid dienone is 2. The monoisotopic (exact) mass is 1320 g/mol. The molecule has 528 valence electrons. The first-order chi connectivity index (χ1) is 43.0. The topological polar surface area (TPSA) is 472 Å². The summed E-state index contributed by atoms with van der Waals surface area (Å²) in [5.74, 6) is -1.61. The lowest BCUT2D eigenvalue weighted by Crippen LogP contribution is -2.70. The standard InChI is InChI=1S/C62H100O30/c1-23-46(88-52-45(79)47(30(67)21-83-52)89-51-42(76)36(70)28(65)19-82-51)40(74)44(78)53(86-23)90-48-37(71)29(66)20-84-55(48)92-56(80)62-14-13-57(2,3)15-25(62)24-9-10-33-59(6)16-26(63)49(58(4,5)32(59)11-12-60(33,7)61(24,8)17-34(62)68)91-54-43(77)39(73)38(72)31(87-54)22-85-50-41(75)35(69)27(64)18-81-50/h9,23,25-55,63-79H,10-22H2,1-8H3/t23-,25-,26-,27-,28+,29+,30-,31+,32?,33?,34+,35-,36-,37-,38+,39-,40-,41+,42+,43+,44+,45+,46-,47-,48+,49-,50-,51-,52-,53-,54-,55-,59-,60+,61+,62+/m0/s1. The van der Waals surface area contributed by atoms with Crippen LogP contribution >= 0.6 is 0 Å². The fraction of sp³-hybridized carbons (Fsp3) is 0.952. The molecule has 6 heterocycles. The van der Waals surface area contributed by atoms with Gasteiger partial charge in [-0.25, -0.2) is 0 Å². The SMILES string of the molecule is C[C@@H]1O[C@@H](O[C@H]2[C@H](OC(=O)[C@]34CCC(C)(C)C[C@H]3C3=CCC5[C@@]6(C)C[C@H](O)[C@H](O[C@@H]7O[C@H](CO[C@@H]8OC[C@H](O)[C@H](O)[C@H]8O)[C@@H](O)[C@H](O)[C@H]7O)C(C)(C)C6CC[C@@]5(C)[C@]3(C)C[C@H]4O)OC[C@@H](O)[C@@H]2O)[C@H](O)[C@H](O)[C@H]1O[C@@H]1OC[C@H](O)[C@H](O[C@@H]2OC[C@@H](O)[C@H](O)[C@H]2O)[C@H]1O. The van der Waals surface area contributed by atoms with Gasteiger partial charge in [-0.3, -0.25) is 4.79 Å². The zero-order chi connectivity index (χ0) is 67.0. The second-order valence-electron chi connectivity index (χ2n) is 30.4. The molecule has 4 saturated carbocycles. The van der Waals surface area contributed by atoms with E-state index >= 15 is 4.79 Å². The Balaban J connectivity index is 0.780. The lowest BCUT2D eigenvalue weighted by Gasteiger charge is -2.72. The summed E-state index contributed by atoms with van der Waals surface area (Å²) in [6.45, 7) is 14.0.